The van der Waals surface area contributed by atoms with Crippen molar-refractivity contribution in [2.24, 2.45) is 0 Å². The maximum absolute atomic E-state index is 12.1. The van der Waals surface area contributed by atoms with Gasteiger partial charge in [-0.1, -0.05) is 29.8 Å². The molecule has 0 amide bonds. The highest BCUT2D eigenvalue weighted by Crippen LogP contribution is 2.32. The van der Waals surface area contributed by atoms with E-state index in [-0.39, 0.29) is 5.78 Å². The third kappa shape index (κ3) is 3.27. The first kappa shape index (κ1) is 13.0. The van der Waals surface area contributed by atoms with E-state index in [0.717, 1.165) is 18.7 Å². The number of hydrogen-bond acceptors (Lipinski definition) is 2. The van der Waals surface area contributed by atoms with Gasteiger partial charge in [0.05, 0.1) is 7.57 Å². The molecule has 1 aromatic carbocycles. The fourth-order valence-corrected chi connectivity index (χ4v) is 4.49. The molecule has 2 aromatic rings. The van der Waals surface area contributed by atoms with E-state index in [2.05, 4.69) is 31.9 Å². The lowest BCUT2D eigenvalue weighted by molar-refractivity contribution is 0.0993. The van der Waals surface area contributed by atoms with Gasteiger partial charge in [0, 0.05) is 12.0 Å². The highest BCUT2D eigenvalue weighted by atomic mass is 79.9. The van der Waals surface area contributed by atoms with Crippen molar-refractivity contribution in [3.8, 4) is 0 Å². The second-order valence-corrected chi connectivity index (χ2v) is 7.58. The fraction of sp³-hybridized carbons (Fsp3) is 0.154. The summed E-state index contributed by atoms with van der Waals surface area (Å²) >= 11 is 8.32. The van der Waals surface area contributed by atoms with Crippen LogP contribution >= 0.6 is 43.2 Å². The van der Waals surface area contributed by atoms with Crippen LogP contribution in [-0.4, -0.2) is 5.78 Å². The van der Waals surface area contributed by atoms with Crippen LogP contribution in [0.2, 0.25) is 0 Å². The minimum absolute atomic E-state index is 0.143. The quantitative estimate of drug-likeness (QED) is 0.691. The lowest BCUT2D eigenvalue weighted by Gasteiger charge is -2.01. The van der Waals surface area contributed by atoms with E-state index in [4.69, 9.17) is 0 Å². The van der Waals surface area contributed by atoms with E-state index in [1.165, 1.54) is 16.9 Å². The zero-order valence-electron chi connectivity index (χ0n) is 9.17. The Morgan fingerprint density at radius 1 is 1.29 bits per heavy atom. The Morgan fingerprint density at radius 3 is 2.65 bits per heavy atom. The van der Waals surface area contributed by atoms with Gasteiger partial charge < -0.3 is 0 Å². The van der Waals surface area contributed by atoms with Gasteiger partial charge in [0.15, 0.2) is 5.78 Å². The maximum atomic E-state index is 12.1. The third-order valence-electron chi connectivity index (χ3n) is 2.40. The monoisotopic (exact) mass is 372 g/mol. The van der Waals surface area contributed by atoms with Gasteiger partial charge in [-0.15, -0.1) is 11.3 Å². The van der Waals surface area contributed by atoms with Crippen LogP contribution in [0.4, 0.5) is 0 Å². The summed E-state index contributed by atoms with van der Waals surface area (Å²) in [6.45, 7) is 2.03. The number of thiophene rings is 1. The van der Waals surface area contributed by atoms with Crippen LogP contribution in [-0.2, 0) is 6.42 Å². The van der Waals surface area contributed by atoms with Gasteiger partial charge in [-0.05, 0) is 50.4 Å². The number of carbonyl (C=O) groups excluding carboxylic acids is 1. The molecule has 0 radical (unpaired) electrons. The summed E-state index contributed by atoms with van der Waals surface area (Å²) in [6, 6.07) is 9.92. The molecule has 0 fully saturated rings. The first-order valence-electron chi connectivity index (χ1n) is 5.10. The molecule has 0 aliphatic rings. The number of Topliss-reactive ketones (excluding diaryl/α,β-unsaturated/α-hetero) is 1. The predicted octanol–water partition coefficient (Wildman–Crippen LogP) is 5.01. The van der Waals surface area contributed by atoms with Crippen LogP contribution < -0.4 is 0 Å². The molecule has 0 N–H and O–H groups in total. The summed E-state index contributed by atoms with van der Waals surface area (Å²) in [7, 11) is 0. The van der Waals surface area contributed by atoms with E-state index in [9.17, 15) is 4.79 Å². The zero-order valence-corrected chi connectivity index (χ0v) is 13.2. The number of benzene rings is 1. The van der Waals surface area contributed by atoms with Gasteiger partial charge in [0.2, 0.25) is 0 Å². The van der Waals surface area contributed by atoms with E-state index in [1.54, 1.807) is 0 Å². The van der Waals surface area contributed by atoms with Crippen molar-refractivity contribution in [3.05, 3.63) is 54.6 Å². The molecule has 0 aliphatic heterocycles. The van der Waals surface area contributed by atoms with Crippen LogP contribution in [0.15, 0.2) is 37.9 Å². The summed E-state index contributed by atoms with van der Waals surface area (Å²) in [4.78, 5) is 12.1. The first-order valence-corrected chi connectivity index (χ1v) is 7.50. The number of carbonyl (C=O) groups is 1. The van der Waals surface area contributed by atoms with Crippen molar-refractivity contribution in [3.63, 3.8) is 0 Å². The second-order valence-electron chi connectivity index (χ2n) is 3.83. The van der Waals surface area contributed by atoms with Gasteiger partial charge in [-0.25, -0.2) is 0 Å². The Labute approximate surface area is 121 Å². The van der Waals surface area contributed by atoms with E-state index >= 15 is 0 Å². The molecular formula is C13H10Br2OS. The van der Waals surface area contributed by atoms with E-state index < -0.39 is 0 Å². The molecule has 1 heterocycles. The van der Waals surface area contributed by atoms with E-state index in [0.29, 0.717) is 6.42 Å². The Hall–Kier alpha value is -0.450. The Kier molecular flexibility index (Phi) is 4.17. The smallest absolute Gasteiger partial charge is 0.169 e. The molecule has 0 saturated heterocycles. The van der Waals surface area contributed by atoms with Crippen molar-refractivity contribution in [2.75, 3.05) is 0 Å². The summed E-state index contributed by atoms with van der Waals surface area (Å²) in [5.41, 5.74) is 2.99. The topological polar surface area (TPSA) is 17.1 Å². The Balaban J connectivity index is 2.20. The fourth-order valence-electron chi connectivity index (χ4n) is 1.63. The normalized spacial score (nSPS) is 10.5. The van der Waals surface area contributed by atoms with Crippen LogP contribution in [0.25, 0.3) is 0 Å². The molecule has 4 heteroatoms. The minimum atomic E-state index is 0.143. The van der Waals surface area contributed by atoms with Crippen molar-refractivity contribution >= 4 is 49.0 Å². The SMILES string of the molecule is Cc1cccc(CC(=O)c2cc(Br)sc2Br)c1. The molecule has 0 spiro atoms. The highest BCUT2D eigenvalue weighted by molar-refractivity contribution is 9.12. The highest BCUT2D eigenvalue weighted by Gasteiger charge is 2.14. The van der Waals surface area contributed by atoms with Crippen LogP contribution in [0.5, 0.6) is 0 Å². The third-order valence-corrected chi connectivity index (χ3v) is 4.74. The molecule has 0 aliphatic carbocycles. The van der Waals surface area contributed by atoms with Crippen molar-refractivity contribution in [2.45, 2.75) is 13.3 Å². The van der Waals surface area contributed by atoms with Crippen molar-refractivity contribution < 1.29 is 4.79 Å². The van der Waals surface area contributed by atoms with Gasteiger partial charge >= 0.3 is 0 Å². The van der Waals surface area contributed by atoms with Crippen molar-refractivity contribution in [1.29, 1.82) is 0 Å². The molecule has 0 unspecified atom stereocenters. The number of hydrogen-bond donors (Lipinski definition) is 0. The molecular weight excluding hydrogens is 364 g/mol. The van der Waals surface area contributed by atoms with Gasteiger partial charge in [0.1, 0.15) is 0 Å². The first-order chi connectivity index (χ1) is 8.06. The molecule has 0 atom stereocenters. The lowest BCUT2D eigenvalue weighted by Crippen LogP contribution is -2.02. The van der Waals surface area contributed by atoms with Gasteiger partial charge in [-0.3, -0.25) is 4.79 Å². The van der Waals surface area contributed by atoms with Gasteiger partial charge in [-0.2, -0.15) is 0 Å². The second kappa shape index (κ2) is 5.46. The summed E-state index contributed by atoms with van der Waals surface area (Å²) < 4.78 is 1.86. The molecule has 2 rings (SSSR count). The summed E-state index contributed by atoms with van der Waals surface area (Å²) in [6.07, 6.45) is 0.448. The van der Waals surface area contributed by atoms with Gasteiger partial charge in [0.25, 0.3) is 0 Å². The predicted molar refractivity (Wildman–Crippen MR) is 78.9 cm³/mol. The summed E-state index contributed by atoms with van der Waals surface area (Å²) in [5, 5.41) is 0. The molecule has 88 valence electrons. The number of rotatable bonds is 3. The van der Waals surface area contributed by atoms with Crippen LogP contribution in [0.1, 0.15) is 21.5 Å². The largest absolute Gasteiger partial charge is 0.294 e. The Bertz CT molecular complexity index is 560. The average molecular weight is 374 g/mol. The van der Waals surface area contributed by atoms with Crippen LogP contribution in [0, 0.1) is 6.92 Å². The molecule has 0 saturated carbocycles. The lowest BCUT2D eigenvalue weighted by atomic mass is 10.0. The number of ketones is 1. The number of aryl methyl sites for hydroxylation is 1. The minimum Gasteiger partial charge on any atom is -0.294 e. The molecule has 17 heavy (non-hydrogen) atoms. The maximum Gasteiger partial charge on any atom is 0.169 e. The average Bonchev–Trinajstić information content (AvgIpc) is 2.58. The van der Waals surface area contributed by atoms with E-state index in [1.807, 2.05) is 37.3 Å². The molecule has 1 aromatic heterocycles. The van der Waals surface area contributed by atoms with Crippen LogP contribution in [0.3, 0.4) is 0 Å². The standard InChI is InChI=1S/C13H10Br2OS/c1-8-3-2-4-9(5-8)6-11(16)10-7-12(14)17-13(10)15/h2-5,7H,6H2,1H3. The number of halogens is 2. The summed E-state index contributed by atoms with van der Waals surface area (Å²) in [5.74, 6) is 0.143. The zero-order chi connectivity index (χ0) is 12.4. The molecule has 0 bridgehead atoms. The molecule has 1 nitrogen and oxygen atoms in total. The van der Waals surface area contributed by atoms with Crippen molar-refractivity contribution in [1.82, 2.24) is 0 Å². The Morgan fingerprint density at radius 2 is 2.06 bits per heavy atom.